The largest absolute Gasteiger partial charge is 0.444 e. The number of likely N-dealkylation sites (tertiary alicyclic amines) is 1. The second kappa shape index (κ2) is 12.9. The number of hydrogen-bond acceptors (Lipinski definition) is 3. The summed E-state index contributed by atoms with van der Waals surface area (Å²) in [6, 6.07) is 25.1. The highest BCUT2D eigenvalue weighted by atomic mass is 79.9. The van der Waals surface area contributed by atoms with Gasteiger partial charge in [-0.2, -0.15) is 0 Å². The highest BCUT2D eigenvalue weighted by molar-refractivity contribution is 9.08. The zero-order valence-electron chi connectivity index (χ0n) is 21.3. The van der Waals surface area contributed by atoms with Crippen molar-refractivity contribution >= 4 is 51.0 Å². The average Bonchev–Trinajstić information content (AvgIpc) is 3.31. The molecule has 0 aliphatic carbocycles. The first-order chi connectivity index (χ1) is 17.5. The van der Waals surface area contributed by atoms with Crippen molar-refractivity contribution in [2.75, 3.05) is 13.1 Å². The molecule has 4 rings (SSSR count). The Hall–Kier alpha value is -2.34. The number of carbonyl (C=O) groups excluding carboxylic acids is 2. The molecule has 0 saturated carbocycles. The third kappa shape index (κ3) is 8.33. The van der Waals surface area contributed by atoms with Gasteiger partial charge in [0.15, 0.2) is 5.78 Å². The van der Waals surface area contributed by atoms with Gasteiger partial charge in [0.2, 0.25) is 0 Å². The molecule has 1 aliphatic rings. The molecule has 1 fully saturated rings. The normalized spacial score (nSPS) is 17.1. The molecular formula is C30H32BrCl2NO3. The highest BCUT2D eigenvalue weighted by Crippen LogP contribution is 2.39. The maximum absolute atomic E-state index is 13.6. The van der Waals surface area contributed by atoms with E-state index in [1.807, 2.05) is 69.3 Å². The van der Waals surface area contributed by atoms with E-state index >= 15 is 0 Å². The maximum atomic E-state index is 13.6. The summed E-state index contributed by atoms with van der Waals surface area (Å²) in [5, 5.41) is 1.70. The molecule has 0 radical (unpaired) electrons. The number of ketones is 1. The zero-order chi connectivity index (χ0) is 27.1. The van der Waals surface area contributed by atoms with Crippen LogP contribution in [0.3, 0.4) is 0 Å². The third-order valence-electron chi connectivity index (χ3n) is 6.05. The van der Waals surface area contributed by atoms with Gasteiger partial charge >= 0.3 is 6.09 Å². The van der Waals surface area contributed by atoms with E-state index in [1.165, 1.54) is 5.56 Å². The number of Topliss-reactive ketones (excluding diaryl/α,β-unsaturated/α-hetero) is 1. The highest BCUT2D eigenvalue weighted by Gasteiger charge is 2.47. The Morgan fingerprint density at radius 2 is 1.51 bits per heavy atom. The molecule has 0 aromatic heterocycles. The van der Waals surface area contributed by atoms with E-state index in [0.29, 0.717) is 41.5 Å². The molecule has 3 aromatic carbocycles. The Kier molecular flexibility index (Phi) is 10.2. The van der Waals surface area contributed by atoms with Crippen molar-refractivity contribution in [1.82, 2.24) is 4.90 Å². The van der Waals surface area contributed by atoms with Crippen LogP contribution in [0.1, 0.15) is 48.7 Å². The lowest BCUT2D eigenvalue weighted by atomic mass is 9.75. The van der Waals surface area contributed by atoms with Gasteiger partial charge in [-0.3, -0.25) is 4.79 Å². The molecule has 1 saturated heterocycles. The standard InChI is InChI=1S/C23H25Cl2NO3.C7H7Br/c1-22(2,3)29-21(28)26-12-11-23(15-26,14-16-7-5-4-6-8-16)20(27)17-9-10-18(24)19(25)13-17;8-6-7-4-2-1-3-5-7/h4-10,13H,11-12,14-15H2,1-3H3;1-5H,6H2. The Morgan fingerprint density at radius 1 is 0.919 bits per heavy atom. The molecule has 1 unspecified atom stereocenters. The van der Waals surface area contributed by atoms with Crippen LogP contribution in [0.5, 0.6) is 0 Å². The van der Waals surface area contributed by atoms with Crippen LogP contribution < -0.4 is 0 Å². The lowest BCUT2D eigenvalue weighted by molar-refractivity contribution is 0.0274. The molecule has 0 spiro atoms. The Bertz CT molecular complexity index is 1200. The summed E-state index contributed by atoms with van der Waals surface area (Å²) in [6.07, 6.45) is 0.696. The fraction of sp³-hybridized carbons (Fsp3) is 0.333. The fourth-order valence-corrected chi connectivity index (χ4v) is 4.93. The molecule has 0 bridgehead atoms. The quantitative estimate of drug-likeness (QED) is 0.216. The van der Waals surface area contributed by atoms with Gasteiger partial charge in [-0.25, -0.2) is 4.79 Å². The maximum Gasteiger partial charge on any atom is 0.410 e. The lowest BCUT2D eigenvalue weighted by Gasteiger charge is -2.29. The van der Waals surface area contributed by atoms with Crippen molar-refractivity contribution in [3.63, 3.8) is 0 Å². The van der Waals surface area contributed by atoms with Crippen LogP contribution >= 0.6 is 39.1 Å². The number of alkyl halides is 1. The van der Waals surface area contributed by atoms with E-state index in [-0.39, 0.29) is 5.78 Å². The van der Waals surface area contributed by atoms with E-state index in [4.69, 9.17) is 27.9 Å². The predicted molar refractivity (Wildman–Crippen MR) is 155 cm³/mol. The van der Waals surface area contributed by atoms with E-state index in [1.54, 1.807) is 23.1 Å². The number of carbonyl (C=O) groups is 2. The summed E-state index contributed by atoms with van der Waals surface area (Å²) in [7, 11) is 0. The van der Waals surface area contributed by atoms with Gasteiger partial charge in [-0.1, -0.05) is 99.8 Å². The number of amides is 1. The number of halogens is 3. The monoisotopic (exact) mass is 603 g/mol. The van der Waals surface area contributed by atoms with Crippen LogP contribution in [0.4, 0.5) is 4.79 Å². The third-order valence-corrected chi connectivity index (χ3v) is 7.44. The van der Waals surface area contributed by atoms with Crippen molar-refractivity contribution in [1.29, 1.82) is 0 Å². The molecule has 1 aliphatic heterocycles. The van der Waals surface area contributed by atoms with E-state index in [9.17, 15) is 9.59 Å². The van der Waals surface area contributed by atoms with Crippen molar-refractivity contribution < 1.29 is 14.3 Å². The number of benzene rings is 3. The van der Waals surface area contributed by atoms with Crippen molar-refractivity contribution in [2.45, 2.75) is 44.5 Å². The van der Waals surface area contributed by atoms with Crippen LogP contribution in [0, 0.1) is 5.41 Å². The second-order valence-electron chi connectivity index (χ2n) is 10.2. The van der Waals surface area contributed by atoms with Crippen LogP contribution in [0.15, 0.2) is 78.9 Å². The molecule has 3 aromatic rings. The summed E-state index contributed by atoms with van der Waals surface area (Å²) < 4.78 is 5.52. The van der Waals surface area contributed by atoms with Crippen LogP contribution in [0.25, 0.3) is 0 Å². The van der Waals surface area contributed by atoms with E-state index in [0.717, 1.165) is 10.9 Å². The number of nitrogens with zero attached hydrogens (tertiary/aromatic N) is 1. The van der Waals surface area contributed by atoms with Crippen molar-refractivity contribution in [3.05, 3.63) is 106 Å². The fourth-order valence-electron chi connectivity index (χ4n) is 4.26. The van der Waals surface area contributed by atoms with Gasteiger partial charge in [-0.15, -0.1) is 0 Å². The minimum absolute atomic E-state index is 0.0361. The van der Waals surface area contributed by atoms with Crippen molar-refractivity contribution in [3.8, 4) is 0 Å². The van der Waals surface area contributed by atoms with Gasteiger partial charge in [0, 0.05) is 24.0 Å². The lowest BCUT2D eigenvalue weighted by Crippen LogP contribution is -2.40. The average molecular weight is 605 g/mol. The number of hydrogen-bond donors (Lipinski definition) is 0. The predicted octanol–water partition coefficient (Wildman–Crippen LogP) is 8.63. The molecule has 1 amide bonds. The number of rotatable bonds is 5. The first-order valence-corrected chi connectivity index (χ1v) is 14.0. The molecule has 1 atom stereocenters. The Balaban J connectivity index is 0.000000405. The Morgan fingerprint density at radius 3 is 2.03 bits per heavy atom. The summed E-state index contributed by atoms with van der Waals surface area (Å²) in [5.41, 5.74) is 1.55. The first-order valence-electron chi connectivity index (χ1n) is 12.1. The molecule has 4 nitrogen and oxygen atoms in total. The second-order valence-corrected chi connectivity index (χ2v) is 11.5. The molecule has 0 N–H and O–H groups in total. The number of ether oxygens (including phenoxy) is 1. The van der Waals surface area contributed by atoms with Gasteiger partial charge in [-0.05, 0) is 62.9 Å². The summed E-state index contributed by atoms with van der Waals surface area (Å²) >= 11 is 15.5. The Labute approximate surface area is 238 Å². The topological polar surface area (TPSA) is 46.6 Å². The van der Waals surface area contributed by atoms with Gasteiger partial charge < -0.3 is 9.64 Å². The van der Waals surface area contributed by atoms with Crippen LogP contribution in [0.2, 0.25) is 10.0 Å². The van der Waals surface area contributed by atoms with Gasteiger partial charge in [0.05, 0.1) is 15.5 Å². The minimum Gasteiger partial charge on any atom is -0.444 e. The summed E-state index contributed by atoms with van der Waals surface area (Å²) in [4.78, 5) is 27.9. The zero-order valence-corrected chi connectivity index (χ0v) is 24.4. The van der Waals surface area contributed by atoms with Crippen LogP contribution in [-0.4, -0.2) is 35.5 Å². The van der Waals surface area contributed by atoms with Gasteiger partial charge in [0.25, 0.3) is 0 Å². The molecule has 37 heavy (non-hydrogen) atoms. The molecule has 1 heterocycles. The van der Waals surface area contributed by atoms with Gasteiger partial charge in [0.1, 0.15) is 5.60 Å². The van der Waals surface area contributed by atoms with E-state index in [2.05, 4.69) is 28.1 Å². The SMILES string of the molecule is BrCc1ccccc1.CC(C)(C)OC(=O)N1CCC(Cc2ccccc2)(C(=O)c2ccc(Cl)c(Cl)c2)C1. The minimum atomic E-state index is -0.741. The molecule has 196 valence electrons. The van der Waals surface area contributed by atoms with Crippen LogP contribution in [-0.2, 0) is 16.5 Å². The summed E-state index contributed by atoms with van der Waals surface area (Å²) in [5.74, 6) is -0.0361. The molecule has 7 heteroatoms. The smallest absolute Gasteiger partial charge is 0.410 e. The summed E-state index contributed by atoms with van der Waals surface area (Å²) in [6.45, 7) is 6.27. The first kappa shape index (κ1) is 29.2. The molecular weight excluding hydrogens is 573 g/mol. The van der Waals surface area contributed by atoms with Crippen molar-refractivity contribution in [2.24, 2.45) is 5.41 Å². The van der Waals surface area contributed by atoms with E-state index < -0.39 is 17.1 Å².